The summed E-state index contributed by atoms with van der Waals surface area (Å²) in [4.78, 5) is 34.3. The lowest BCUT2D eigenvalue weighted by Gasteiger charge is -2.56. The van der Waals surface area contributed by atoms with Crippen molar-refractivity contribution in [2.45, 2.75) is 17.9 Å². The first-order chi connectivity index (χ1) is 19.3. The number of hydrogen-bond donors (Lipinski definition) is 2. The van der Waals surface area contributed by atoms with Crippen molar-refractivity contribution >= 4 is 28.5 Å². The van der Waals surface area contributed by atoms with Crippen LogP contribution in [0, 0.1) is 5.82 Å². The number of nitrogens with one attached hydrogen (secondary N) is 1. The number of ether oxygens (including phenoxy) is 1. The van der Waals surface area contributed by atoms with Crippen LogP contribution >= 0.6 is 0 Å². The maximum Gasteiger partial charge on any atom is 0.322 e. The topological polar surface area (TPSA) is 99.9 Å². The van der Waals surface area contributed by atoms with Gasteiger partial charge in [-0.25, -0.2) is 9.18 Å². The summed E-state index contributed by atoms with van der Waals surface area (Å²) in [6, 6.07) is 14.1. The Kier molecular flexibility index (Phi) is 6.42. The van der Waals surface area contributed by atoms with Gasteiger partial charge < -0.3 is 29.5 Å². The van der Waals surface area contributed by atoms with Crippen molar-refractivity contribution in [1.29, 1.82) is 0 Å². The molecule has 40 heavy (non-hydrogen) atoms. The zero-order chi connectivity index (χ0) is 28.0. The van der Waals surface area contributed by atoms with Crippen molar-refractivity contribution in [3.8, 4) is 5.75 Å². The highest BCUT2D eigenvalue weighted by molar-refractivity contribution is 5.93. The van der Waals surface area contributed by atoms with Crippen LogP contribution in [0.2, 0.25) is 0 Å². The van der Waals surface area contributed by atoms with Gasteiger partial charge in [-0.1, -0.05) is 0 Å². The second-order valence-corrected chi connectivity index (χ2v) is 10.5. The van der Waals surface area contributed by atoms with Crippen LogP contribution < -0.4 is 10.1 Å². The van der Waals surface area contributed by atoms with Crippen molar-refractivity contribution in [3.05, 3.63) is 89.6 Å². The maximum absolute atomic E-state index is 13.6. The normalized spacial score (nSPS) is 17.4. The highest BCUT2D eigenvalue weighted by atomic mass is 19.1. The number of likely N-dealkylation sites (tertiary alicyclic amines) is 1. The maximum atomic E-state index is 13.6. The summed E-state index contributed by atoms with van der Waals surface area (Å²) >= 11 is 0. The van der Waals surface area contributed by atoms with E-state index in [1.165, 1.54) is 24.3 Å². The van der Waals surface area contributed by atoms with Crippen LogP contribution in [-0.4, -0.2) is 69.7 Å². The van der Waals surface area contributed by atoms with E-state index in [1.54, 1.807) is 24.4 Å². The molecule has 1 saturated heterocycles. The molecule has 0 unspecified atom stereocenters. The third-order valence-corrected chi connectivity index (χ3v) is 8.12. The number of aryl methyl sites for hydroxylation is 1. The van der Waals surface area contributed by atoms with Gasteiger partial charge in [0.2, 0.25) is 5.91 Å². The lowest BCUT2D eigenvalue weighted by Crippen LogP contribution is -2.68. The van der Waals surface area contributed by atoms with Crippen LogP contribution in [0.4, 0.5) is 14.9 Å². The van der Waals surface area contributed by atoms with Gasteiger partial charge in [0.1, 0.15) is 11.6 Å². The summed E-state index contributed by atoms with van der Waals surface area (Å²) < 4.78 is 20.9. The minimum atomic E-state index is -0.619. The molecule has 4 heterocycles. The predicted molar refractivity (Wildman–Crippen MR) is 148 cm³/mol. The number of benzene rings is 2. The third kappa shape index (κ3) is 4.24. The van der Waals surface area contributed by atoms with E-state index in [1.807, 2.05) is 46.8 Å². The number of methoxy groups -OCH3 is 1. The summed E-state index contributed by atoms with van der Waals surface area (Å²) in [5.41, 5.74) is 3.61. The Balaban J connectivity index is 1.38. The van der Waals surface area contributed by atoms with Crippen LogP contribution in [0.5, 0.6) is 5.75 Å². The molecule has 2 aromatic heterocycles. The number of rotatable bonds is 5. The number of anilines is 1. The van der Waals surface area contributed by atoms with Crippen molar-refractivity contribution in [2.24, 2.45) is 7.05 Å². The lowest BCUT2D eigenvalue weighted by atomic mass is 9.68. The number of pyridine rings is 1. The summed E-state index contributed by atoms with van der Waals surface area (Å²) in [5.74, 6) is 0.310. The number of hydrogen-bond acceptors (Lipinski definition) is 5. The van der Waals surface area contributed by atoms with Crippen LogP contribution in [-0.2, 0) is 23.7 Å². The number of carbonyl (C=O) groups excluding carboxylic acids is 2. The first-order valence-electron chi connectivity index (χ1n) is 13.1. The average Bonchev–Trinajstić information content (AvgIpc) is 3.24. The van der Waals surface area contributed by atoms with Crippen LogP contribution in [0.15, 0.2) is 67.0 Å². The van der Waals surface area contributed by atoms with Gasteiger partial charge in [0.25, 0.3) is 0 Å². The Bertz CT molecular complexity index is 1580. The molecular weight excluding hydrogens is 513 g/mol. The van der Waals surface area contributed by atoms with E-state index in [0.29, 0.717) is 31.1 Å². The summed E-state index contributed by atoms with van der Waals surface area (Å²) in [6.07, 6.45) is 3.61. The summed E-state index contributed by atoms with van der Waals surface area (Å²) in [6.45, 7) is 0.898. The molecule has 3 amide bonds. The number of fused-ring (bicyclic) bond motifs is 4. The Morgan fingerprint density at radius 1 is 1.10 bits per heavy atom. The molecule has 2 aromatic carbocycles. The van der Waals surface area contributed by atoms with Gasteiger partial charge in [-0.2, -0.15) is 0 Å². The monoisotopic (exact) mass is 543 g/mol. The Morgan fingerprint density at radius 3 is 2.50 bits per heavy atom. The van der Waals surface area contributed by atoms with Crippen LogP contribution in [0.25, 0.3) is 10.9 Å². The van der Waals surface area contributed by atoms with E-state index in [0.717, 1.165) is 27.7 Å². The number of nitrogens with zero attached hydrogens (tertiary/aromatic N) is 4. The molecule has 1 fully saturated rings. The molecule has 0 radical (unpaired) electrons. The van der Waals surface area contributed by atoms with E-state index in [9.17, 15) is 19.1 Å². The minimum Gasteiger partial charge on any atom is -0.497 e. The van der Waals surface area contributed by atoms with Crippen LogP contribution in [0.1, 0.15) is 22.9 Å². The molecule has 9 nitrogen and oxygen atoms in total. The molecule has 4 aromatic rings. The Labute approximate surface area is 230 Å². The number of halogens is 1. The Morgan fingerprint density at radius 2 is 1.82 bits per heavy atom. The van der Waals surface area contributed by atoms with Gasteiger partial charge >= 0.3 is 6.03 Å². The van der Waals surface area contributed by atoms with Gasteiger partial charge in [-0.15, -0.1) is 0 Å². The molecule has 2 N–H and O–H groups in total. The van der Waals surface area contributed by atoms with Gasteiger partial charge in [0, 0.05) is 61.9 Å². The molecule has 10 heteroatoms. The smallest absolute Gasteiger partial charge is 0.322 e. The van der Waals surface area contributed by atoms with Crippen molar-refractivity contribution < 1.29 is 23.8 Å². The molecule has 2 aliphatic heterocycles. The van der Waals surface area contributed by atoms with Crippen molar-refractivity contribution in [3.63, 3.8) is 0 Å². The number of aliphatic hydroxyl groups is 1. The molecule has 0 bridgehead atoms. The number of carbonyl (C=O) groups is 2. The van der Waals surface area contributed by atoms with Crippen molar-refractivity contribution in [1.82, 2.24) is 19.4 Å². The first kappa shape index (κ1) is 25.8. The van der Waals surface area contributed by atoms with Crippen LogP contribution in [0.3, 0.4) is 0 Å². The number of amides is 3. The number of urea groups is 1. The van der Waals surface area contributed by atoms with E-state index >= 15 is 0 Å². The molecule has 0 saturated carbocycles. The van der Waals surface area contributed by atoms with E-state index in [-0.39, 0.29) is 18.9 Å². The van der Waals surface area contributed by atoms with E-state index in [4.69, 9.17) is 4.74 Å². The average molecular weight is 544 g/mol. The zero-order valence-electron chi connectivity index (χ0n) is 22.3. The quantitative estimate of drug-likeness (QED) is 0.401. The lowest BCUT2D eigenvalue weighted by molar-refractivity contribution is -0.139. The molecule has 206 valence electrons. The highest BCUT2D eigenvalue weighted by Crippen LogP contribution is 2.49. The van der Waals surface area contributed by atoms with Gasteiger partial charge in [0.15, 0.2) is 0 Å². The third-order valence-electron chi connectivity index (χ3n) is 8.12. The second kappa shape index (κ2) is 9.95. The van der Waals surface area contributed by atoms with Gasteiger partial charge in [-0.3, -0.25) is 9.78 Å². The largest absolute Gasteiger partial charge is 0.497 e. The number of aliphatic hydroxyl groups excluding tert-OH is 1. The highest BCUT2D eigenvalue weighted by Gasteiger charge is 2.55. The van der Waals surface area contributed by atoms with E-state index in [2.05, 4.69) is 10.3 Å². The van der Waals surface area contributed by atoms with Gasteiger partial charge in [0.05, 0.1) is 37.1 Å². The molecule has 6 rings (SSSR count). The molecule has 1 atom stereocenters. The molecule has 1 spiro atoms. The fourth-order valence-corrected chi connectivity index (χ4v) is 6.21. The summed E-state index contributed by atoms with van der Waals surface area (Å²) in [5, 5.41) is 14.5. The fraction of sp³-hybridized carbons (Fsp3) is 0.300. The Hall–Kier alpha value is -4.44. The standard InChI is InChI=1S/C30H30FN5O4/c1-34-24-14-22(40-2)7-8-23(24)27-28(34)25(15-37)36(29(39)33-21-5-3-20(31)4-6-21)18-30(27)16-35(17-30)26(38)13-19-9-11-32-12-10-19/h3-12,14,25,37H,13,15-18H2,1-2H3,(H,33,39)/t25-/m1/s1. The number of aromatic nitrogens is 2. The second-order valence-electron chi connectivity index (χ2n) is 10.5. The SMILES string of the molecule is COc1ccc2c3c(n(C)c2c1)[C@@H](CO)N(C(=O)Nc1ccc(F)cc1)CC31CN(C(=O)Cc2ccncc2)C1. The minimum absolute atomic E-state index is 0.00637. The zero-order valence-corrected chi connectivity index (χ0v) is 22.3. The molecule has 0 aliphatic carbocycles. The van der Waals surface area contributed by atoms with Crippen molar-refractivity contribution in [2.75, 3.05) is 38.7 Å². The van der Waals surface area contributed by atoms with E-state index < -0.39 is 23.3 Å². The predicted octanol–water partition coefficient (Wildman–Crippen LogP) is 3.62. The summed E-state index contributed by atoms with van der Waals surface area (Å²) in [7, 11) is 3.53. The molecule has 2 aliphatic rings. The first-order valence-corrected chi connectivity index (χ1v) is 13.1. The van der Waals surface area contributed by atoms with Gasteiger partial charge in [-0.05, 0) is 59.7 Å². The fourth-order valence-electron chi connectivity index (χ4n) is 6.21. The molecular formula is C30H30FN5O4.